The van der Waals surface area contributed by atoms with Crippen LogP contribution in [0.3, 0.4) is 0 Å². The number of carbonyl (C=O) groups is 2. The first-order chi connectivity index (χ1) is 13.0. The molecule has 0 saturated carbocycles. The van der Waals surface area contributed by atoms with E-state index in [1.165, 1.54) is 11.8 Å². The monoisotopic (exact) mass is 371 g/mol. The number of carboxylic acids is 1. The third kappa shape index (κ3) is 4.19. The summed E-state index contributed by atoms with van der Waals surface area (Å²) < 4.78 is 7.27. The lowest BCUT2D eigenvalue weighted by atomic mass is 10.1. The molecular formula is C20H25N3O4. The Labute approximate surface area is 158 Å². The summed E-state index contributed by atoms with van der Waals surface area (Å²) in [5, 5.41) is 13.9. The fourth-order valence-corrected chi connectivity index (χ4v) is 3.38. The molecule has 144 valence electrons. The van der Waals surface area contributed by atoms with Crippen LogP contribution < -0.4 is 0 Å². The van der Waals surface area contributed by atoms with Crippen molar-refractivity contribution < 1.29 is 19.4 Å². The lowest BCUT2D eigenvalue weighted by Gasteiger charge is -2.27. The highest BCUT2D eigenvalue weighted by Crippen LogP contribution is 2.24. The molecule has 7 nitrogen and oxygen atoms in total. The molecule has 0 spiro atoms. The Kier molecular flexibility index (Phi) is 5.91. The standard InChI is InChI=1S/C20H25N3O4/c1-14-18(12-21-23(14)17-8-10-27-11-9-17)19(24)22(15(2)20(25)26)13-16-6-4-3-5-7-16/h3-7,12,15,17H,8-11,13H2,1-2H3,(H,25,26). The zero-order valence-corrected chi connectivity index (χ0v) is 15.7. The normalized spacial score (nSPS) is 16.1. The Morgan fingerprint density at radius 1 is 1.30 bits per heavy atom. The molecule has 1 fully saturated rings. The summed E-state index contributed by atoms with van der Waals surface area (Å²) >= 11 is 0. The van der Waals surface area contributed by atoms with Crippen molar-refractivity contribution in [3.8, 4) is 0 Å². The number of aromatic nitrogens is 2. The summed E-state index contributed by atoms with van der Waals surface area (Å²) in [6, 6.07) is 8.66. The highest BCUT2D eigenvalue weighted by molar-refractivity contribution is 5.97. The third-order valence-electron chi connectivity index (χ3n) is 5.09. The molecule has 0 radical (unpaired) electrons. The van der Waals surface area contributed by atoms with Gasteiger partial charge in [0.15, 0.2) is 0 Å². The summed E-state index contributed by atoms with van der Waals surface area (Å²) in [6.07, 6.45) is 3.27. The number of ether oxygens (including phenoxy) is 1. The topological polar surface area (TPSA) is 84.7 Å². The molecule has 2 heterocycles. The molecule has 1 unspecified atom stereocenters. The number of hydrogen-bond acceptors (Lipinski definition) is 4. The summed E-state index contributed by atoms with van der Waals surface area (Å²) in [5.74, 6) is -1.35. The lowest BCUT2D eigenvalue weighted by Crippen LogP contribution is -2.42. The van der Waals surface area contributed by atoms with Gasteiger partial charge in [0.2, 0.25) is 0 Å². The Bertz CT molecular complexity index is 797. The second-order valence-electron chi connectivity index (χ2n) is 6.86. The van der Waals surface area contributed by atoms with E-state index >= 15 is 0 Å². The van der Waals surface area contributed by atoms with Gasteiger partial charge in [0.1, 0.15) is 6.04 Å². The molecule has 1 aliphatic rings. The minimum Gasteiger partial charge on any atom is -0.480 e. The summed E-state index contributed by atoms with van der Waals surface area (Å²) in [6.45, 7) is 4.99. The van der Waals surface area contributed by atoms with Crippen LogP contribution in [0.4, 0.5) is 0 Å². The van der Waals surface area contributed by atoms with Gasteiger partial charge in [-0.15, -0.1) is 0 Å². The molecule has 0 aliphatic carbocycles. The number of aliphatic carboxylic acids is 1. The molecule has 27 heavy (non-hydrogen) atoms. The fraction of sp³-hybridized carbons (Fsp3) is 0.450. The van der Waals surface area contributed by atoms with Gasteiger partial charge in [0.05, 0.1) is 17.8 Å². The van der Waals surface area contributed by atoms with E-state index in [-0.39, 0.29) is 18.5 Å². The second kappa shape index (κ2) is 8.35. The van der Waals surface area contributed by atoms with Gasteiger partial charge in [0, 0.05) is 25.5 Å². The number of benzene rings is 1. The molecule has 1 saturated heterocycles. The van der Waals surface area contributed by atoms with E-state index in [0.717, 1.165) is 24.1 Å². The maximum absolute atomic E-state index is 13.2. The molecule has 1 aliphatic heterocycles. The number of rotatable bonds is 6. The van der Waals surface area contributed by atoms with E-state index in [1.807, 2.05) is 41.9 Å². The van der Waals surface area contributed by atoms with Crippen molar-refractivity contribution in [2.45, 2.75) is 45.3 Å². The number of carbonyl (C=O) groups excluding carboxylic acids is 1. The molecule has 0 bridgehead atoms. The molecule has 1 N–H and O–H groups in total. The van der Waals surface area contributed by atoms with Crippen molar-refractivity contribution in [2.75, 3.05) is 13.2 Å². The summed E-state index contributed by atoms with van der Waals surface area (Å²) in [4.78, 5) is 26.2. The van der Waals surface area contributed by atoms with Crippen molar-refractivity contribution in [1.29, 1.82) is 0 Å². The van der Waals surface area contributed by atoms with Crippen LogP contribution in [0.25, 0.3) is 0 Å². The van der Waals surface area contributed by atoms with Crippen LogP contribution in [0.5, 0.6) is 0 Å². The SMILES string of the molecule is Cc1c(C(=O)N(Cc2ccccc2)C(C)C(=O)O)cnn1C1CCOCC1. The largest absolute Gasteiger partial charge is 0.480 e. The maximum atomic E-state index is 13.2. The number of amides is 1. The molecule has 3 rings (SSSR count). The number of carboxylic acid groups (broad SMARTS) is 1. The van der Waals surface area contributed by atoms with Gasteiger partial charge in [-0.2, -0.15) is 5.10 Å². The van der Waals surface area contributed by atoms with E-state index in [9.17, 15) is 14.7 Å². The zero-order valence-electron chi connectivity index (χ0n) is 15.7. The van der Waals surface area contributed by atoms with E-state index in [2.05, 4.69) is 5.10 Å². The molecule has 1 atom stereocenters. The maximum Gasteiger partial charge on any atom is 0.326 e. The van der Waals surface area contributed by atoms with Crippen LogP contribution in [0.1, 0.15) is 47.4 Å². The minimum absolute atomic E-state index is 0.208. The minimum atomic E-state index is -1.03. The van der Waals surface area contributed by atoms with Crippen LogP contribution in [0.2, 0.25) is 0 Å². The van der Waals surface area contributed by atoms with Crippen molar-refractivity contribution in [3.63, 3.8) is 0 Å². The fourth-order valence-electron chi connectivity index (χ4n) is 3.38. The van der Waals surface area contributed by atoms with E-state index in [4.69, 9.17) is 4.74 Å². The summed E-state index contributed by atoms with van der Waals surface area (Å²) in [5.41, 5.74) is 2.10. The average Bonchev–Trinajstić information content (AvgIpc) is 3.08. The number of nitrogens with zero attached hydrogens (tertiary/aromatic N) is 3. The van der Waals surface area contributed by atoms with Crippen LogP contribution in [0, 0.1) is 6.92 Å². The van der Waals surface area contributed by atoms with Gasteiger partial charge in [-0.05, 0) is 32.3 Å². The molecule has 1 aromatic heterocycles. The highest BCUT2D eigenvalue weighted by atomic mass is 16.5. The average molecular weight is 371 g/mol. The van der Waals surface area contributed by atoms with Crippen molar-refractivity contribution in [3.05, 3.63) is 53.3 Å². The van der Waals surface area contributed by atoms with E-state index < -0.39 is 12.0 Å². The molecule has 2 aromatic rings. The predicted molar refractivity (Wildman–Crippen MR) is 99.5 cm³/mol. The van der Waals surface area contributed by atoms with Crippen molar-refractivity contribution in [2.24, 2.45) is 0 Å². The van der Waals surface area contributed by atoms with Crippen LogP contribution in [-0.2, 0) is 16.1 Å². The lowest BCUT2D eigenvalue weighted by molar-refractivity contribution is -0.141. The van der Waals surface area contributed by atoms with Crippen LogP contribution in [-0.4, -0.2) is 50.9 Å². The molecule has 7 heteroatoms. The Morgan fingerprint density at radius 2 is 1.96 bits per heavy atom. The first-order valence-electron chi connectivity index (χ1n) is 9.18. The van der Waals surface area contributed by atoms with E-state index in [0.29, 0.717) is 18.8 Å². The first-order valence-corrected chi connectivity index (χ1v) is 9.18. The second-order valence-corrected chi connectivity index (χ2v) is 6.86. The molecule has 1 amide bonds. The predicted octanol–water partition coefficient (Wildman–Crippen LogP) is 2.66. The quantitative estimate of drug-likeness (QED) is 0.844. The zero-order chi connectivity index (χ0) is 19.4. The first kappa shape index (κ1) is 19.1. The Morgan fingerprint density at radius 3 is 2.59 bits per heavy atom. The van der Waals surface area contributed by atoms with Crippen molar-refractivity contribution >= 4 is 11.9 Å². The smallest absolute Gasteiger partial charge is 0.326 e. The summed E-state index contributed by atoms with van der Waals surface area (Å²) in [7, 11) is 0. The molecular weight excluding hydrogens is 346 g/mol. The van der Waals surface area contributed by atoms with Crippen molar-refractivity contribution in [1.82, 2.24) is 14.7 Å². The number of hydrogen-bond donors (Lipinski definition) is 1. The van der Waals surface area contributed by atoms with Crippen LogP contribution >= 0.6 is 0 Å². The Balaban J connectivity index is 1.87. The highest BCUT2D eigenvalue weighted by Gasteiger charge is 2.30. The van der Waals surface area contributed by atoms with Gasteiger partial charge in [-0.1, -0.05) is 30.3 Å². The Hall–Kier alpha value is -2.67. The van der Waals surface area contributed by atoms with Gasteiger partial charge in [-0.25, -0.2) is 4.79 Å². The van der Waals surface area contributed by atoms with Gasteiger partial charge < -0.3 is 14.7 Å². The van der Waals surface area contributed by atoms with Gasteiger partial charge >= 0.3 is 5.97 Å². The van der Waals surface area contributed by atoms with Gasteiger partial charge in [0.25, 0.3) is 5.91 Å². The third-order valence-corrected chi connectivity index (χ3v) is 5.09. The van der Waals surface area contributed by atoms with E-state index in [1.54, 1.807) is 6.20 Å². The molecule has 1 aromatic carbocycles. The van der Waals surface area contributed by atoms with Crippen LogP contribution in [0.15, 0.2) is 36.5 Å². The van der Waals surface area contributed by atoms with Gasteiger partial charge in [-0.3, -0.25) is 9.48 Å².